The summed E-state index contributed by atoms with van der Waals surface area (Å²) in [5.74, 6) is 1.37. The van der Waals surface area contributed by atoms with Crippen LogP contribution in [-0.2, 0) is 11.2 Å². The van der Waals surface area contributed by atoms with Gasteiger partial charge in [0.2, 0.25) is 5.91 Å². The second kappa shape index (κ2) is 5.88. The predicted octanol–water partition coefficient (Wildman–Crippen LogP) is 3.30. The van der Waals surface area contributed by atoms with Crippen molar-refractivity contribution >= 4 is 16.9 Å². The monoisotopic (exact) mass is 305 g/mol. The number of aromatic nitrogens is 2. The highest BCUT2D eigenvalue weighted by Gasteiger charge is 2.28. The number of H-pyrrole nitrogens is 1. The van der Waals surface area contributed by atoms with Gasteiger partial charge in [0.15, 0.2) is 0 Å². The van der Waals surface area contributed by atoms with Crippen LogP contribution in [0.3, 0.4) is 0 Å². The van der Waals surface area contributed by atoms with E-state index < -0.39 is 0 Å². The van der Waals surface area contributed by atoms with Crippen LogP contribution in [0.25, 0.3) is 22.4 Å². The Balaban J connectivity index is 1.48. The minimum absolute atomic E-state index is 0.207. The number of aromatic amines is 1. The van der Waals surface area contributed by atoms with Gasteiger partial charge in [-0.3, -0.25) is 4.79 Å². The molecule has 2 aromatic carbocycles. The zero-order chi connectivity index (χ0) is 15.6. The maximum Gasteiger partial charge on any atom is 0.223 e. The van der Waals surface area contributed by atoms with Crippen molar-refractivity contribution in [2.75, 3.05) is 6.54 Å². The normalized spacial score (nSPS) is 14.1. The Morgan fingerprint density at radius 3 is 2.78 bits per heavy atom. The third kappa shape index (κ3) is 3.11. The first-order chi connectivity index (χ1) is 11.3. The predicted molar refractivity (Wildman–Crippen MR) is 91.0 cm³/mol. The number of nitrogens with one attached hydrogen (secondary N) is 2. The summed E-state index contributed by atoms with van der Waals surface area (Å²) >= 11 is 0. The minimum atomic E-state index is 0.207. The summed E-state index contributed by atoms with van der Waals surface area (Å²) in [4.78, 5) is 19.7. The number of hydrogen-bond donors (Lipinski definition) is 2. The summed E-state index contributed by atoms with van der Waals surface area (Å²) in [6, 6.07) is 16.4. The van der Waals surface area contributed by atoms with E-state index in [1.54, 1.807) is 0 Å². The number of fused-ring (bicyclic) bond motifs is 1. The maximum atomic E-state index is 11.6. The highest BCUT2D eigenvalue weighted by atomic mass is 16.2. The summed E-state index contributed by atoms with van der Waals surface area (Å²) in [6.45, 7) is 0.695. The van der Waals surface area contributed by atoms with Gasteiger partial charge < -0.3 is 10.3 Å². The quantitative estimate of drug-likeness (QED) is 0.760. The molecular formula is C19H19N3O. The van der Waals surface area contributed by atoms with Crippen molar-refractivity contribution in [1.82, 2.24) is 15.3 Å². The first-order valence-electron chi connectivity index (χ1n) is 8.11. The van der Waals surface area contributed by atoms with Crippen LogP contribution in [0.5, 0.6) is 0 Å². The molecule has 3 aromatic rings. The lowest BCUT2D eigenvalue weighted by molar-refractivity contribution is -0.122. The Labute approximate surface area is 134 Å². The van der Waals surface area contributed by atoms with E-state index in [0.717, 1.165) is 41.7 Å². The van der Waals surface area contributed by atoms with Gasteiger partial charge in [0.05, 0.1) is 11.0 Å². The fourth-order valence-electron chi connectivity index (χ4n) is 2.76. The van der Waals surface area contributed by atoms with Gasteiger partial charge in [-0.1, -0.05) is 36.4 Å². The van der Waals surface area contributed by atoms with E-state index in [1.807, 2.05) is 36.4 Å². The zero-order valence-electron chi connectivity index (χ0n) is 12.9. The van der Waals surface area contributed by atoms with E-state index in [4.69, 9.17) is 0 Å². The fraction of sp³-hybridized carbons (Fsp3) is 0.263. The summed E-state index contributed by atoms with van der Waals surface area (Å²) in [5.41, 5.74) is 4.29. The first-order valence-corrected chi connectivity index (χ1v) is 8.11. The van der Waals surface area contributed by atoms with E-state index in [1.165, 1.54) is 5.56 Å². The second-order valence-electron chi connectivity index (χ2n) is 6.12. The van der Waals surface area contributed by atoms with Crippen LogP contribution in [0.15, 0.2) is 48.5 Å². The van der Waals surface area contributed by atoms with Crippen LogP contribution in [0.2, 0.25) is 0 Å². The molecule has 4 heteroatoms. The van der Waals surface area contributed by atoms with Crippen molar-refractivity contribution in [3.63, 3.8) is 0 Å². The molecule has 4 rings (SSSR count). The first kappa shape index (κ1) is 14.0. The van der Waals surface area contributed by atoms with Crippen LogP contribution >= 0.6 is 0 Å². The van der Waals surface area contributed by atoms with Gasteiger partial charge in [0.25, 0.3) is 0 Å². The van der Waals surface area contributed by atoms with Crippen molar-refractivity contribution < 1.29 is 4.79 Å². The van der Waals surface area contributed by atoms with Gasteiger partial charge in [-0.25, -0.2) is 4.98 Å². The van der Waals surface area contributed by atoms with Crippen LogP contribution in [0.4, 0.5) is 0 Å². The molecule has 0 aliphatic heterocycles. The average molecular weight is 305 g/mol. The number of rotatable bonds is 5. The molecule has 116 valence electrons. The van der Waals surface area contributed by atoms with Crippen molar-refractivity contribution in [2.45, 2.75) is 19.3 Å². The molecule has 1 saturated carbocycles. The standard InChI is InChI=1S/C19H19N3O/c23-19(15-7-8-15)20-11-10-13-6-9-16-17(12-13)22-18(21-16)14-4-2-1-3-5-14/h1-6,9,12,15H,7-8,10-11H2,(H,20,23)(H,21,22). The Kier molecular flexibility index (Phi) is 3.58. The lowest BCUT2D eigenvalue weighted by Gasteiger charge is -2.04. The molecule has 1 fully saturated rings. The van der Waals surface area contributed by atoms with E-state index in [2.05, 4.69) is 27.4 Å². The molecule has 4 nitrogen and oxygen atoms in total. The molecule has 1 heterocycles. The number of nitrogens with zero attached hydrogens (tertiary/aromatic N) is 1. The summed E-state index contributed by atoms with van der Waals surface area (Å²) in [7, 11) is 0. The van der Waals surface area contributed by atoms with Crippen molar-refractivity contribution in [3.05, 3.63) is 54.1 Å². The molecule has 1 amide bonds. The smallest absolute Gasteiger partial charge is 0.223 e. The summed E-state index contributed by atoms with van der Waals surface area (Å²) in [5, 5.41) is 3.01. The Morgan fingerprint density at radius 1 is 1.17 bits per heavy atom. The van der Waals surface area contributed by atoms with Crippen molar-refractivity contribution in [3.8, 4) is 11.4 Å². The van der Waals surface area contributed by atoms with Gasteiger partial charge >= 0.3 is 0 Å². The third-order valence-electron chi connectivity index (χ3n) is 4.25. The van der Waals surface area contributed by atoms with E-state index >= 15 is 0 Å². The zero-order valence-corrected chi connectivity index (χ0v) is 12.9. The minimum Gasteiger partial charge on any atom is -0.356 e. The van der Waals surface area contributed by atoms with Crippen molar-refractivity contribution in [2.24, 2.45) is 5.92 Å². The molecule has 23 heavy (non-hydrogen) atoms. The number of carbonyl (C=O) groups is 1. The number of imidazole rings is 1. The Morgan fingerprint density at radius 2 is 2.00 bits per heavy atom. The largest absolute Gasteiger partial charge is 0.356 e. The Hall–Kier alpha value is -2.62. The van der Waals surface area contributed by atoms with Crippen LogP contribution in [0, 0.1) is 5.92 Å². The van der Waals surface area contributed by atoms with Gasteiger partial charge in [0.1, 0.15) is 5.82 Å². The Bertz CT molecular complexity index is 834. The number of benzene rings is 2. The highest BCUT2D eigenvalue weighted by Crippen LogP contribution is 2.28. The molecule has 0 radical (unpaired) electrons. The highest BCUT2D eigenvalue weighted by molar-refractivity contribution is 5.81. The molecule has 0 spiro atoms. The van der Waals surface area contributed by atoms with E-state index in [0.29, 0.717) is 6.54 Å². The maximum absolute atomic E-state index is 11.6. The van der Waals surface area contributed by atoms with Crippen LogP contribution in [0.1, 0.15) is 18.4 Å². The molecule has 0 saturated heterocycles. The molecule has 1 aromatic heterocycles. The van der Waals surface area contributed by atoms with Gasteiger partial charge in [-0.2, -0.15) is 0 Å². The summed E-state index contributed by atoms with van der Waals surface area (Å²) in [6.07, 6.45) is 2.94. The molecule has 2 N–H and O–H groups in total. The summed E-state index contributed by atoms with van der Waals surface area (Å²) < 4.78 is 0. The van der Waals surface area contributed by atoms with E-state index in [-0.39, 0.29) is 11.8 Å². The average Bonchev–Trinajstić information content (AvgIpc) is 3.35. The molecular weight excluding hydrogens is 286 g/mol. The van der Waals surface area contributed by atoms with Gasteiger partial charge in [0, 0.05) is 18.0 Å². The van der Waals surface area contributed by atoms with Crippen molar-refractivity contribution in [1.29, 1.82) is 0 Å². The fourth-order valence-corrected chi connectivity index (χ4v) is 2.76. The SMILES string of the molecule is O=C(NCCc1ccc2nc(-c3ccccc3)[nH]c2c1)C1CC1. The van der Waals surface area contributed by atoms with E-state index in [9.17, 15) is 4.79 Å². The number of carbonyl (C=O) groups excluding carboxylic acids is 1. The lowest BCUT2D eigenvalue weighted by atomic mass is 10.1. The molecule has 1 aliphatic rings. The lowest BCUT2D eigenvalue weighted by Crippen LogP contribution is -2.26. The third-order valence-corrected chi connectivity index (χ3v) is 4.25. The van der Waals surface area contributed by atoms with Gasteiger partial charge in [-0.15, -0.1) is 0 Å². The van der Waals surface area contributed by atoms with Gasteiger partial charge in [-0.05, 0) is 37.0 Å². The topological polar surface area (TPSA) is 57.8 Å². The molecule has 0 atom stereocenters. The number of hydrogen-bond acceptors (Lipinski definition) is 2. The molecule has 0 unspecified atom stereocenters. The second-order valence-corrected chi connectivity index (χ2v) is 6.12. The molecule has 0 bridgehead atoms. The molecule has 1 aliphatic carbocycles. The van der Waals surface area contributed by atoms with Crippen LogP contribution in [-0.4, -0.2) is 22.4 Å². The van der Waals surface area contributed by atoms with Crippen LogP contribution < -0.4 is 5.32 Å². The number of amides is 1.